The molecule has 0 aliphatic heterocycles. The third-order valence-corrected chi connectivity index (χ3v) is 2.80. The van der Waals surface area contributed by atoms with Crippen LogP contribution in [0.15, 0.2) is 17.6 Å². The van der Waals surface area contributed by atoms with Crippen LogP contribution in [-0.4, -0.2) is 22.2 Å². The molecule has 2 aromatic heterocycles. The number of hydrogen-bond acceptors (Lipinski definition) is 4. The van der Waals surface area contributed by atoms with Gasteiger partial charge in [-0.3, -0.25) is 14.9 Å². The molecule has 82 valence electrons. The van der Waals surface area contributed by atoms with Crippen molar-refractivity contribution in [2.75, 3.05) is 5.32 Å². The Balaban J connectivity index is 2.11. The average Bonchev–Trinajstić information content (AvgIpc) is 2.87. The maximum absolute atomic E-state index is 11.7. The zero-order chi connectivity index (χ0) is 11.5. The molecule has 2 N–H and O–H groups in total. The van der Waals surface area contributed by atoms with Gasteiger partial charge in [0.25, 0.3) is 5.91 Å². The van der Waals surface area contributed by atoms with Crippen molar-refractivity contribution in [3.8, 4) is 0 Å². The first-order valence-corrected chi connectivity index (χ1v) is 5.44. The van der Waals surface area contributed by atoms with Gasteiger partial charge in [-0.2, -0.15) is 0 Å². The van der Waals surface area contributed by atoms with Crippen molar-refractivity contribution >= 4 is 28.7 Å². The van der Waals surface area contributed by atoms with E-state index in [1.807, 2.05) is 12.3 Å². The number of aromatic nitrogens is 2. The van der Waals surface area contributed by atoms with E-state index in [-0.39, 0.29) is 5.91 Å². The number of aldehydes is 1. The number of aryl methyl sites for hydroxylation is 1. The molecule has 0 aliphatic carbocycles. The minimum absolute atomic E-state index is 0.303. The van der Waals surface area contributed by atoms with Crippen LogP contribution >= 0.6 is 11.3 Å². The molecule has 16 heavy (non-hydrogen) atoms. The van der Waals surface area contributed by atoms with Gasteiger partial charge in [-0.15, -0.1) is 11.3 Å². The van der Waals surface area contributed by atoms with Crippen molar-refractivity contribution < 1.29 is 9.59 Å². The second kappa shape index (κ2) is 4.28. The molecule has 0 unspecified atom stereocenters. The van der Waals surface area contributed by atoms with Crippen molar-refractivity contribution in [3.05, 3.63) is 34.6 Å². The lowest BCUT2D eigenvalue weighted by Crippen LogP contribution is -2.11. The Morgan fingerprint density at radius 2 is 2.44 bits per heavy atom. The molecule has 0 bridgehead atoms. The molecule has 0 aliphatic rings. The second-order valence-corrected chi connectivity index (χ2v) is 4.07. The third kappa shape index (κ3) is 2.17. The third-order valence-electron chi connectivity index (χ3n) is 1.93. The molecule has 2 rings (SSSR count). The number of aromatic amines is 1. The lowest BCUT2D eigenvalue weighted by molar-refractivity contribution is 0.102. The second-order valence-electron chi connectivity index (χ2n) is 3.21. The van der Waals surface area contributed by atoms with Gasteiger partial charge >= 0.3 is 0 Å². The first kappa shape index (κ1) is 10.6. The molecule has 0 atom stereocenters. The van der Waals surface area contributed by atoms with Crippen LogP contribution in [0.5, 0.6) is 0 Å². The highest BCUT2D eigenvalue weighted by Crippen LogP contribution is 2.15. The lowest BCUT2D eigenvalue weighted by Gasteiger charge is -1.97. The Kier molecular flexibility index (Phi) is 2.82. The Morgan fingerprint density at radius 1 is 1.62 bits per heavy atom. The van der Waals surface area contributed by atoms with Gasteiger partial charge in [0.15, 0.2) is 11.4 Å². The first-order chi connectivity index (χ1) is 7.69. The van der Waals surface area contributed by atoms with Gasteiger partial charge in [0.05, 0.1) is 5.69 Å². The molecular weight excluding hydrogens is 226 g/mol. The molecule has 0 saturated heterocycles. The van der Waals surface area contributed by atoms with E-state index in [0.29, 0.717) is 22.7 Å². The summed E-state index contributed by atoms with van der Waals surface area (Å²) in [6.45, 7) is 1.85. The molecule has 5 nitrogen and oxygen atoms in total. The number of nitrogens with one attached hydrogen (secondary N) is 2. The zero-order valence-corrected chi connectivity index (χ0v) is 9.30. The lowest BCUT2D eigenvalue weighted by atomic mass is 10.3. The first-order valence-electron chi connectivity index (χ1n) is 4.56. The molecule has 0 fully saturated rings. The molecule has 6 heteroatoms. The predicted molar refractivity (Wildman–Crippen MR) is 61.0 cm³/mol. The summed E-state index contributed by atoms with van der Waals surface area (Å²) in [7, 11) is 0. The smallest absolute Gasteiger partial charge is 0.273 e. The maximum Gasteiger partial charge on any atom is 0.273 e. The largest absolute Gasteiger partial charge is 0.356 e. The van der Waals surface area contributed by atoms with Gasteiger partial charge < -0.3 is 4.98 Å². The van der Waals surface area contributed by atoms with E-state index in [1.165, 1.54) is 23.6 Å². The van der Waals surface area contributed by atoms with E-state index in [9.17, 15) is 9.59 Å². The van der Waals surface area contributed by atoms with Crippen LogP contribution in [0.1, 0.15) is 26.5 Å². The summed E-state index contributed by atoms with van der Waals surface area (Å²) in [5.41, 5.74) is 1.65. The van der Waals surface area contributed by atoms with Gasteiger partial charge in [-0.1, -0.05) is 0 Å². The summed E-state index contributed by atoms with van der Waals surface area (Å²) in [5, 5.41) is 5.03. The number of H-pyrrole nitrogens is 1. The number of amides is 1. The molecule has 1 amide bonds. The molecular formula is C10H9N3O2S. The van der Waals surface area contributed by atoms with Crippen LogP contribution < -0.4 is 5.32 Å². The van der Waals surface area contributed by atoms with Crippen LogP contribution in [-0.2, 0) is 0 Å². The van der Waals surface area contributed by atoms with Crippen LogP contribution in [0.4, 0.5) is 5.13 Å². The predicted octanol–water partition coefficient (Wildman–Crippen LogP) is 1.84. The summed E-state index contributed by atoms with van der Waals surface area (Å²) in [6.07, 6.45) is 2.16. The Hall–Kier alpha value is -1.95. The minimum Gasteiger partial charge on any atom is -0.356 e. The maximum atomic E-state index is 11.7. The number of thiazole rings is 1. The standard InChI is InChI=1S/C10H9N3O2S/c1-6-5-16-10(12-6)13-9(15)8-2-7(4-14)3-11-8/h2-5,11H,1H3,(H,12,13,15). The van der Waals surface area contributed by atoms with Crippen molar-refractivity contribution in [2.24, 2.45) is 0 Å². The summed E-state index contributed by atoms with van der Waals surface area (Å²) in [4.78, 5) is 28.9. The summed E-state index contributed by atoms with van der Waals surface area (Å²) in [5.74, 6) is -0.303. The Labute approximate surface area is 95.5 Å². The fraction of sp³-hybridized carbons (Fsp3) is 0.100. The number of nitrogens with zero attached hydrogens (tertiary/aromatic N) is 1. The van der Waals surface area contributed by atoms with Crippen LogP contribution in [0.25, 0.3) is 0 Å². The van der Waals surface area contributed by atoms with Gasteiger partial charge in [-0.05, 0) is 13.0 Å². The van der Waals surface area contributed by atoms with E-state index in [1.54, 1.807) is 0 Å². The quantitative estimate of drug-likeness (QED) is 0.797. The highest BCUT2D eigenvalue weighted by Gasteiger charge is 2.10. The minimum atomic E-state index is -0.303. The van der Waals surface area contributed by atoms with Crippen molar-refractivity contribution in [1.29, 1.82) is 0 Å². The summed E-state index contributed by atoms with van der Waals surface area (Å²) >= 11 is 1.36. The Bertz CT molecular complexity index is 530. The number of anilines is 1. The highest BCUT2D eigenvalue weighted by atomic mass is 32.1. The molecule has 0 saturated carbocycles. The van der Waals surface area contributed by atoms with Gasteiger partial charge in [0.1, 0.15) is 5.69 Å². The van der Waals surface area contributed by atoms with E-state index in [4.69, 9.17) is 0 Å². The fourth-order valence-electron chi connectivity index (χ4n) is 1.19. The van der Waals surface area contributed by atoms with Crippen molar-refractivity contribution in [3.63, 3.8) is 0 Å². The summed E-state index contributed by atoms with van der Waals surface area (Å²) in [6, 6.07) is 1.49. The molecule has 2 aromatic rings. The Morgan fingerprint density at radius 3 is 3.00 bits per heavy atom. The number of carbonyl (C=O) groups is 2. The van der Waals surface area contributed by atoms with Crippen LogP contribution in [0.3, 0.4) is 0 Å². The van der Waals surface area contributed by atoms with Crippen LogP contribution in [0, 0.1) is 6.92 Å². The topological polar surface area (TPSA) is 74.8 Å². The van der Waals surface area contributed by atoms with Crippen molar-refractivity contribution in [1.82, 2.24) is 9.97 Å². The van der Waals surface area contributed by atoms with Gasteiger partial charge in [0.2, 0.25) is 0 Å². The molecule has 0 aromatic carbocycles. The van der Waals surface area contributed by atoms with E-state index in [2.05, 4.69) is 15.3 Å². The number of carbonyl (C=O) groups excluding carboxylic acids is 2. The number of hydrogen-bond donors (Lipinski definition) is 2. The monoisotopic (exact) mass is 235 g/mol. The fourth-order valence-corrected chi connectivity index (χ4v) is 1.87. The zero-order valence-electron chi connectivity index (χ0n) is 8.48. The molecule has 0 radical (unpaired) electrons. The SMILES string of the molecule is Cc1csc(NC(=O)c2cc(C=O)c[nH]2)n1. The van der Waals surface area contributed by atoms with Crippen molar-refractivity contribution in [2.45, 2.75) is 6.92 Å². The molecule has 0 spiro atoms. The average molecular weight is 235 g/mol. The van der Waals surface area contributed by atoms with E-state index >= 15 is 0 Å². The summed E-state index contributed by atoms with van der Waals surface area (Å²) < 4.78 is 0. The highest BCUT2D eigenvalue weighted by molar-refractivity contribution is 7.13. The van der Waals surface area contributed by atoms with E-state index in [0.717, 1.165) is 5.69 Å². The molecule has 2 heterocycles. The van der Waals surface area contributed by atoms with Gasteiger partial charge in [-0.25, -0.2) is 4.98 Å². The van der Waals surface area contributed by atoms with E-state index < -0.39 is 0 Å². The normalized spacial score (nSPS) is 10.1. The van der Waals surface area contributed by atoms with Gasteiger partial charge in [0, 0.05) is 17.1 Å². The van der Waals surface area contributed by atoms with Crippen LogP contribution in [0.2, 0.25) is 0 Å². The number of rotatable bonds is 3.